The van der Waals surface area contributed by atoms with Crippen LogP contribution in [0.25, 0.3) is 0 Å². The Morgan fingerprint density at radius 1 is 1.26 bits per heavy atom. The summed E-state index contributed by atoms with van der Waals surface area (Å²) in [6, 6.07) is 4.17. The smallest absolute Gasteiger partial charge is 0.252 e. The van der Waals surface area contributed by atoms with Gasteiger partial charge in [-0.05, 0) is 39.4 Å². The highest BCUT2D eigenvalue weighted by atomic mass is 32.2. The van der Waals surface area contributed by atoms with E-state index in [2.05, 4.69) is 25.8 Å². The lowest BCUT2D eigenvalue weighted by atomic mass is 10.1. The fourth-order valence-electron chi connectivity index (χ4n) is 2.37. The molecule has 108 valence electrons. The maximum absolute atomic E-state index is 12.6. The zero-order chi connectivity index (χ0) is 14.2. The molecule has 19 heavy (non-hydrogen) atoms. The van der Waals surface area contributed by atoms with Crippen molar-refractivity contribution in [3.8, 4) is 0 Å². The number of hydrogen-bond donors (Lipinski definition) is 0. The summed E-state index contributed by atoms with van der Waals surface area (Å²) in [7, 11) is -1.26. The number of aryl methyl sites for hydroxylation is 1. The van der Waals surface area contributed by atoms with E-state index in [0.717, 1.165) is 11.3 Å². The molecule has 0 saturated carbocycles. The molecule has 1 fully saturated rings. The van der Waals surface area contributed by atoms with Crippen LogP contribution >= 0.6 is 11.3 Å². The lowest BCUT2D eigenvalue weighted by Crippen LogP contribution is -2.56. The second-order valence-electron chi connectivity index (χ2n) is 5.26. The van der Waals surface area contributed by atoms with Gasteiger partial charge in [0, 0.05) is 30.1 Å². The topological polar surface area (TPSA) is 40.6 Å². The Morgan fingerprint density at radius 3 is 2.32 bits per heavy atom. The summed E-state index contributed by atoms with van der Waals surface area (Å²) in [6.07, 6.45) is 0.885. The Bertz CT molecular complexity index is 527. The van der Waals surface area contributed by atoms with Gasteiger partial charge in [0.15, 0.2) is 0 Å². The number of hydrogen-bond acceptors (Lipinski definition) is 4. The quantitative estimate of drug-likeness (QED) is 0.858. The zero-order valence-corrected chi connectivity index (χ0v) is 13.6. The van der Waals surface area contributed by atoms with Gasteiger partial charge in [-0.2, -0.15) is 4.31 Å². The standard InChI is InChI=1S/C13H22N2O2S2/c1-5-12-6-7-13(18-12)19(16,17)15-8-10(2)14(4)11(3)9-15/h6-7,10-11H,5,8-9H2,1-4H3. The van der Waals surface area contributed by atoms with E-state index in [0.29, 0.717) is 17.3 Å². The Labute approximate surface area is 120 Å². The summed E-state index contributed by atoms with van der Waals surface area (Å²) in [5, 5.41) is 0. The van der Waals surface area contributed by atoms with Crippen LogP contribution < -0.4 is 0 Å². The van der Waals surface area contributed by atoms with Crippen LogP contribution in [0.15, 0.2) is 16.3 Å². The number of rotatable bonds is 3. The van der Waals surface area contributed by atoms with E-state index in [9.17, 15) is 8.42 Å². The molecular formula is C13H22N2O2S2. The fourth-order valence-corrected chi connectivity index (χ4v) is 5.42. The summed E-state index contributed by atoms with van der Waals surface area (Å²) >= 11 is 1.39. The molecule has 0 spiro atoms. The molecule has 6 heteroatoms. The zero-order valence-electron chi connectivity index (χ0n) is 12.0. The van der Waals surface area contributed by atoms with E-state index >= 15 is 0 Å². The van der Waals surface area contributed by atoms with Crippen molar-refractivity contribution in [1.82, 2.24) is 9.21 Å². The molecule has 1 aromatic rings. The molecule has 4 nitrogen and oxygen atoms in total. The summed E-state index contributed by atoms with van der Waals surface area (Å²) in [5.41, 5.74) is 0. The largest absolute Gasteiger partial charge is 0.298 e. The average molecular weight is 302 g/mol. The first kappa shape index (κ1) is 15.0. The Hall–Kier alpha value is -0.430. The molecule has 2 unspecified atom stereocenters. The molecule has 0 bridgehead atoms. The SMILES string of the molecule is CCc1ccc(S(=O)(=O)N2CC(C)N(C)C(C)C2)s1. The van der Waals surface area contributed by atoms with Crippen LogP contribution in [0.2, 0.25) is 0 Å². The van der Waals surface area contributed by atoms with Gasteiger partial charge in [-0.15, -0.1) is 11.3 Å². The van der Waals surface area contributed by atoms with E-state index in [1.807, 2.05) is 13.0 Å². The van der Waals surface area contributed by atoms with Crippen LogP contribution in [0.1, 0.15) is 25.6 Å². The van der Waals surface area contributed by atoms with Gasteiger partial charge in [-0.1, -0.05) is 6.92 Å². The third kappa shape index (κ3) is 2.86. The molecule has 0 radical (unpaired) electrons. The molecule has 1 aliphatic heterocycles. The fraction of sp³-hybridized carbons (Fsp3) is 0.692. The molecule has 0 aromatic carbocycles. The van der Waals surface area contributed by atoms with Crippen molar-refractivity contribution in [1.29, 1.82) is 0 Å². The van der Waals surface area contributed by atoms with Crippen molar-refractivity contribution in [2.45, 2.75) is 43.5 Å². The molecule has 2 heterocycles. The predicted molar refractivity (Wildman–Crippen MR) is 79.1 cm³/mol. The number of nitrogens with zero attached hydrogens (tertiary/aromatic N) is 2. The maximum Gasteiger partial charge on any atom is 0.252 e. The number of piperazine rings is 1. The molecule has 2 rings (SSSR count). The minimum absolute atomic E-state index is 0.254. The molecule has 1 saturated heterocycles. The number of likely N-dealkylation sites (N-methyl/N-ethyl adjacent to an activating group) is 1. The molecular weight excluding hydrogens is 280 g/mol. The Kier molecular flexibility index (Phi) is 4.35. The van der Waals surface area contributed by atoms with Crippen LogP contribution in [0, 0.1) is 0 Å². The minimum atomic E-state index is -3.32. The van der Waals surface area contributed by atoms with Crippen molar-refractivity contribution in [2.24, 2.45) is 0 Å². The summed E-state index contributed by atoms with van der Waals surface area (Å²) in [4.78, 5) is 3.35. The van der Waals surface area contributed by atoms with Crippen molar-refractivity contribution in [3.05, 3.63) is 17.0 Å². The highest BCUT2D eigenvalue weighted by Gasteiger charge is 2.34. The summed E-state index contributed by atoms with van der Waals surface area (Å²) < 4.78 is 27.4. The lowest BCUT2D eigenvalue weighted by molar-refractivity contribution is 0.105. The van der Waals surface area contributed by atoms with E-state index < -0.39 is 10.0 Å². The van der Waals surface area contributed by atoms with Crippen molar-refractivity contribution in [3.63, 3.8) is 0 Å². The van der Waals surface area contributed by atoms with Gasteiger partial charge < -0.3 is 0 Å². The van der Waals surface area contributed by atoms with E-state index in [-0.39, 0.29) is 12.1 Å². The van der Waals surface area contributed by atoms with Gasteiger partial charge in [0.2, 0.25) is 0 Å². The van der Waals surface area contributed by atoms with Crippen molar-refractivity contribution < 1.29 is 8.42 Å². The first-order valence-corrected chi connectivity index (χ1v) is 8.92. The molecule has 0 amide bonds. The van der Waals surface area contributed by atoms with Crippen molar-refractivity contribution in [2.75, 3.05) is 20.1 Å². The van der Waals surface area contributed by atoms with E-state index in [1.165, 1.54) is 11.3 Å². The van der Waals surface area contributed by atoms with Gasteiger partial charge in [0.25, 0.3) is 10.0 Å². The van der Waals surface area contributed by atoms with Crippen LogP contribution in [-0.4, -0.2) is 49.8 Å². The average Bonchev–Trinajstić information content (AvgIpc) is 2.84. The minimum Gasteiger partial charge on any atom is -0.298 e. The first-order chi connectivity index (χ1) is 8.86. The molecule has 0 N–H and O–H groups in total. The lowest BCUT2D eigenvalue weighted by Gasteiger charge is -2.41. The number of thiophene rings is 1. The monoisotopic (exact) mass is 302 g/mol. The Morgan fingerprint density at radius 2 is 1.84 bits per heavy atom. The van der Waals surface area contributed by atoms with E-state index in [1.54, 1.807) is 10.4 Å². The molecule has 2 atom stereocenters. The highest BCUT2D eigenvalue weighted by Crippen LogP contribution is 2.27. The predicted octanol–water partition coefficient (Wildman–Crippen LogP) is 2.02. The normalized spacial score (nSPS) is 26.7. The third-order valence-electron chi connectivity index (χ3n) is 3.91. The van der Waals surface area contributed by atoms with E-state index in [4.69, 9.17) is 0 Å². The van der Waals surface area contributed by atoms with Gasteiger partial charge in [-0.25, -0.2) is 8.42 Å². The van der Waals surface area contributed by atoms with Crippen LogP contribution in [-0.2, 0) is 16.4 Å². The van der Waals surface area contributed by atoms with Gasteiger partial charge in [-0.3, -0.25) is 4.90 Å². The van der Waals surface area contributed by atoms with Crippen LogP contribution in [0.4, 0.5) is 0 Å². The third-order valence-corrected chi connectivity index (χ3v) is 7.43. The van der Waals surface area contributed by atoms with Gasteiger partial charge in [0.1, 0.15) is 4.21 Å². The van der Waals surface area contributed by atoms with Crippen LogP contribution in [0.5, 0.6) is 0 Å². The molecule has 1 aromatic heterocycles. The Balaban J connectivity index is 2.25. The summed E-state index contributed by atoms with van der Waals surface area (Å²) in [6.45, 7) is 7.33. The van der Waals surface area contributed by atoms with Crippen LogP contribution in [0.3, 0.4) is 0 Å². The second-order valence-corrected chi connectivity index (χ2v) is 8.59. The van der Waals surface area contributed by atoms with Gasteiger partial charge in [0.05, 0.1) is 0 Å². The van der Waals surface area contributed by atoms with Gasteiger partial charge >= 0.3 is 0 Å². The second kappa shape index (κ2) is 5.52. The highest BCUT2D eigenvalue weighted by molar-refractivity contribution is 7.91. The van der Waals surface area contributed by atoms with Crippen molar-refractivity contribution >= 4 is 21.4 Å². The first-order valence-electron chi connectivity index (χ1n) is 6.67. The molecule has 0 aliphatic carbocycles. The maximum atomic E-state index is 12.6. The molecule has 1 aliphatic rings. The summed E-state index contributed by atoms with van der Waals surface area (Å²) in [5.74, 6) is 0. The number of sulfonamides is 1.